The number of thioether (sulfide) groups is 2. The van der Waals surface area contributed by atoms with Crippen LogP contribution >= 0.6 is 23.5 Å². The zero-order chi connectivity index (χ0) is 22.0. The molecule has 1 amide bonds. The summed E-state index contributed by atoms with van der Waals surface area (Å²) < 4.78 is 11.9. The smallest absolute Gasteiger partial charge is 0.258 e. The van der Waals surface area contributed by atoms with Crippen LogP contribution in [0.4, 0.5) is 0 Å². The fraction of sp³-hybridized carbons (Fsp3) is 0.280. The molecule has 0 aliphatic carbocycles. The highest BCUT2D eigenvalue weighted by molar-refractivity contribution is 8.16. The van der Waals surface area contributed by atoms with Gasteiger partial charge in [0, 0.05) is 12.7 Å². The molecular formula is C25H26N2O3S2. The van der Waals surface area contributed by atoms with Gasteiger partial charge in [-0.1, -0.05) is 30.3 Å². The lowest BCUT2D eigenvalue weighted by Gasteiger charge is -2.21. The molecule has 1 aliphatic heterocycles. The van der Waals surface area contributed by atoms with Crippen LogP contribution in [-0.2, 0) is 17.9 Å². The number of nitrogens with zero attached hydrogens (tertiary/aromatic N) is 1. The molecule has 0 spiro atoms. The van der Waals surface area contributed by atoms with Gasteiger partial charge in [-0.2, -0.15) is 0 Å². The third-order valence-electron chi connectivity index (χ3n) is 4.88. The summed E-state index contributed by atoms with van der Waals surface area (Å²) in [6.07, 6.45) is 3.03. The minimum Gasteiger partial charge on any atom is -0.487 e. The predicted octanol–water partition coefficient (Wildman–Crippen LogP) is 5.22. The van der Waals surface area contributed by atoms with Crippen molar-refractivity contribution < 1.29 is 14.3 Å². The topological polar surface area (TPSA) is 60.5 Å². The van der Waals surface area contributed by atoms with Crippen LogP contribution < -0.4 is 14.8 Å². The maximum atomic E-state index is 12.2. The monoisotopic (exact) mass is 466 g/mol. The number of ether oxygens (including phenoxy) is 2. The van der Waals surface area contributed by atoms with Gasteiger partial charge in [-0.3, -0.25) is 9.78 Å². The summed E-state index contributed by atoms with van der Waals surface area (Å²) in [5, 5.41) is 2.89. The highest BCUT2D eigenvalue weighted by Crippen LogP contribution is 2.43. The van der Waals surface area contributed by atoms with E-state index in [-0.39, 0.29) is 12.5 Å². The molecule has 2 heterocycles. The zero-order valence-corrected chi connectivity index (χ0v) is 19.4. The average molecular weight is 467 g/mol. The van der Waals surface area contributed by atoms with Gasteiger partial charge in [-0.05, 0) is 65.5 Å². The number of benzene rings is 2. The number of nitrogens with one attached hydrogen (secondary N) is 1. The predicted molar refractivity (Wildman–Crippen MR) is 131 cm³/mol. The molecule has 1 fully saturated rings. The van der Waals surface area contributed by atoms with Gasteiger partial charge < -0.3 is 14.8 Å². The van der Waals surface area contributed by atoms with Crippen LogP contribution in [0, 0.1) is 0 Å². The summed E-state index contributed by atoms with van der Waals surface area (Å²) in [7, 11) is 0. The highest BCUT2D eigenvalue weighted by atomic mass is 32.2. The summed E-state index contributed by atoms with van der Waals surface area (Å²) >= 11 is 3.99. The lowest BCUT2D eigenvalue weighted by atomic mass is 10.2. The van der Waals surface area contributed by atoms with E-state index in [2.05, 4.69) is 22.4 Å². The zero-order valence-electron chi connectivity index (χ0n) is 17.7. The Balaban J connectivity index is 1.17. The first-order chi connectivity index (χ1) is 15.8. The first-order valence-corrected chi connectivity index (χ1v) is 12.7. The van der Waals surface area contributed by atoms with E-state index < -0.39 is 0 Å². The van der Waals surface area contributed by atoms with Crippen LogP contribution in [-0.4, -0.2) is 29.0 Å². The third kappa shape index (κ3) is 6.93. The van der Waals surface area contributed by atoms with Crippen LogP contribution in [0.5, 0.6) is 11.5 Å². The molecule has 1 N–H and O–H groups in total. The molecule has 0 bridgehead atoms. The number of hydrogen-bond acceptors (Lipinski definition) is 6. The van der Waals surface area contributed by atoms with Gasteiger partial charge in [0.2, 0.25) is 0 Å². The number of pyridine rings is 1. The van der Waals surface area contributed by atoms with Crippen LogP contribution in [0.25, 0.3) is 0 Å². The molecule has 32 heavy (non-hydrogen) atoms. The standard InChI is InChI=1S/C25H26N2O3S2/c28-24(18-30-23-11-7-20(8-12-23)25-31-14-3-15-32-25)27-16-19-5-9-22(10-6-19)29-17-21-4-1-2-13-26-21/h1-2,4-13,25H,3,14-18H2,(H,27,28). The van der Waals surface area contributed by atoms with E-state index in [0.29, 0.717) is 23.5 Å². The second-order valence-corrected chi connectivity index (χ2v) is 10.0. The molecule has 1 aliphatic rings. The number of aromatic nitrogens is 1. The van der Waals surface area contributed by atoms with Gasteiger partial charge in [-0.25, -0.2) is 0 Å². The van der Waals surface area contributed by atoms with Gasteiger partial charge >= 0.3 is 0 Å². The minimum atomic E-state index is -0.150. The van der Waals surface area contributed by atoms with Crippen LogP contribution in [0.2, 0.25) is 0 Å². The van der Waals surface area contributed by atoms with Crippen molar-refractivity contribution in [2.24, 2.45) is 0 Å². The van der Waals surface area contributed by atoms with Crippen molar-refractivity contribution in [1.29, 1.82) is 0 Å². The van der Waals surface area contributed by atoms with Crippen LogP contribution in [0.3, 0.4) is 0 Å². The number of carbonyl (C=O) groups is 1. The fourth-order valence-electron chi connectivity index (χ4n) is 3.15. The number of amides is 1. The Bertz CT molecular complexity index is 976. The van der Waals surface area contributed by atoms with Gasteiger partial charge in [0.15, 0.2) is 6.61 Å². The maximum Gasteiger partial charge on any atom is 0.258 e. The van der Waals surface area contributed by atoms with Crippen molar-refractivity contribution in [3.63, 3.8) is 0 Å². The number of rotatable bonds is 9. The lowest BCUT2D eigenvalue weighted by molar-refractivity contribution is -0.123. The molecule has 1 saturated heterocycles. The summed E-state index contributed by atoms with van der Waals surface area (Å²) in [6, 6.07) is 21.5. The number of carbonyl (C=O) groups excluding carboxylic acids is 1. The van der Waals surface area contributed by atoms with Crippen molar-refractivity contribution >= 4 is 29.4 Å². The Morgan fingerprint density at radius 2 is 1.66 bits per heavy atom. The van der Waals surface area contributed by atoms with Crippen molar-refractivity contribution in [1.82, 2.24) is 10.3 Å². The maximum absolute atomic E-state index is 12.2. The average Bonchev–Trinajstić information content (AvgIpc) is 2.87. The Morgan fingerprint density at radius 1 is 0.938 bits per heavy atom. The molecule has 166 valence electrons. The fourth-order valence-corrected chi connectivity index (χ4v) is 6.04. The molecule has 2 aromatic carbocycles. The van der Waals surface area contributed by atoms with Crippen molar-refractivity contribution in [3.8, 4) is 11.5 Å². The Morgan fingerprint density at radius 3 is 2.38 bits per heavy atom. The van der Waals surface area contributed by atoms with E-state index in [1.165, 1.54) is 23.5 Å². The SMILES string of the molecule is O=C(COc1ccc(C2SCCCS2)cc1)NCc1ccc(OCc2ccccn2)cc1. The third-order valence-corrected chi connectivity index (χ3v) is 7.89. The summed E-state index contributed by atoms with van der Waals surface area (Å²) in [5.74, 6) is 3.77. The second kappa shape index (κ2) is 11.8. The lowest BCUT2D eigenvalue weighted by Crippen LogP contribution is -2.28. The van der Waals surface area contributed by atoms with Crippen molar-refractivity contribution in [3.05, 3.63) is 89.7 Å². The largest absolute Gasteiger partial charge is 0.487 e. The van der Waals surface area contributed by atoms with E-state index in [9.17, 15) is 4.79 Å². The molecule has 5 nitrogen and oxygen atoms in total. The summed E-state index contributed by atoms with van der Waals surface area (Å²) in [5.41, 5.74) is 3.18. The molecule has 3 aromatic rings. The Labute approximate surface area is 197 Å². The van der Waals surface area contributed by atoms with Gasteiger partial charge in [0.25, 0.3) is 5.91 Å². The highest BCUT2D eigenvalue weighted by Gasteiger charge is 2.16. The second-order valence-electron chi connectivity index (χ2n) is 7.32. The van der Waals surface area contributed by atoms with Crippen molar-refractivity contribution in [2.45, 2.75) is 24.2 Å². The normalized spacial score (nSPS) is 14.0. The Kier molecular flexibility index (Phi) is 8.34. The molecule has 1 aromatic heterocycles. The quantitative estimate of drug-likeness (QED) is 0.466. The van der Waals surface area contributed by atoms with Gasteiger partial charge in [0.05, 0.1) is 10.3 Å². The van der Waals surface area contributed by atoms with E-state index in [1.54, 1.807) is 6.20 Å². The molecule has 4 rings (SSSR count). The molecular weight excluding hydrogens is 440 g/mol. The van der Waals surface area contributed by atoms with Crippen LogP contribution in [0.15, 0.2) is 72.9 Å². The first-order valence-electron chi connectivity index (χ1n) is 10.6. The molecule has 0 atom stereocenters. The van der Waals surface area contributed by atoms with E-state index >= 15 is 0 Å². The first kappa shape index (κ1) is 22.6. The van der Waals surface area contributed by atoms with Gasteiger partial charge in [0.1, 0.15) is 18.1 Å². The molecule has 7 heteroatoms. The number of hydrogen-bond donors (Lipinski definition) is 1. The summed E-state index contributed by atoms with van der Waals surface area (Å²) in [6.45, 7) is 0.864. The van der Waals surface area contributed by atoms with E-state index in [4.69, 9.17) is 9.47 Å². The summed E-state index contributed by atoms with van der Waals surface area (Å²) in [4.78, 5) is 16.4. The Hall–Kier alpha value is -2.64. The van der Waals surface area contributed by atoms with E-state index in [0.717, 1.165) is 17.0 Å². The van der Waals surface area contributed by atoms with Crippen molar-refractivity contribution in [2.75, 3.05) is 18.1 Å². The molecule has 0 saturated carbocycles. The minimum absolute atomic E-state index is 0.00243. The molecule has 0 unspecified atom stereocenters. The molecule has 0 radical (unpaired) electrons. The van der Waals surface area contributed by atoms with E-state index in [1.807, 2.05) is 78.1 Å². The van der Waals surface area contributed by atoms with Gasteiger partial charge in [-0.15, -0.1) is 23.5 Å². The van der Waals surface area contributed by atoms with Crippen LogP contribution in [0.1, 0.15) is 27.8 Å².